The number of carbonyl (C=O) groups excluding carboxylic acids is 2. The zero-order valence-corrected chi connectivity index (χ0v) is 15.6. The van der Waals surface area contributed by atoms with Gasteiger partial charge >= 0.3 is 0 Å². The van der Waals surface area contributed by atoms with E-state index in [-0.39, 0.29) is 28.8 Å². The van der Waals surface area contributed by atoms with Crippen molar-refractivity contribution in [2.45, 2.75) is 51.6 Å². The van der Waals surface area contributed by atoms with Gasteiger partial charge in [-0.2, -0.15) is 0 Å². The molecule has 2 fully saturated rings. The molecule has 0 bridgehead atoms. The molecule has 0 amide bonds. The predicted molar refractivity (Wildman–Crippen MR) is 97.3 cm³/mol. The van der Waals surface area contributed by atoms with Crippen LogP contribution in [-0.2, 0) is 9.59 Å². The minimum absolute atomic E-state index is 0.0788. The van der Waals surface area contributed by atoms with E-state index < -0.39 is 11.0 Å². The van der Waals surface area contributed by atoms with E-state index in [1.807, 2.05) is 0 Å². The maximum atomic E-state index is 12.4. The number of alkyl halides is 1. The Hall–Kier alpha value is -1.19. The molecule has 4 rings (SSSR count). The van der Waals surface area contributed by atoms with E-state index in [0.717, 1.165) is 19.3 Å². The molecule has 4 aliphatic rings. The second-order valence-corrected chi connectivity index (χ2v) is 8.86. The number of carbonyl (C=O) groups is 2. The smallest absolute Gasteiger partial charge is 0.179 e. The first kappa shape index (κ1) is 17.2. The fraction of sp³-hybridized carbons (Fsp3) is 0.619. The first-order valence-electron chi connectivity index (χ1n) is 9.23. The molecule has 0 spiro atoms. The maximum absolute atomic E-state index is 12.4. The third-order valence-electron chi connectivity index (χ3n) is 7.68. The molecule has 0 radical (unpaired) electrons. The first-order valence-corrected chi connectivity index (χ1v) is 9.76. The molecule has 134 valence electrons. The van der Waals surface area contributed by atoms with E-state index in [2.05, 4.69) is 26.0 Å². The zero-order chi connectivity index (χ0) is 18.0. The predicted octanol–water partition coefficient (Wildman–Crippen LogP) is 3.75. The van der Waals surface area contributed by atoms with Gasteiger partial charge in [-0.1, -0.05) is 30.2 Å². The van der Waals surface area contributed by atoms with Gasteiger partial charge in [-0.3, -0.25) is 9.59 Å². The lowest BCUT2D eigenvalue weighted by atomic mass is 9.51. The number of rotatable bonds is 2. The van der Waals surface area contributed by atoms with Gasteiger partial charge in [0.1, 0.15) is 5.60 Å². The van der Waals surface area contributed by atoms with Crippen LogP contribution < -0.4 is 0 Å². The highest BCUT2D eigenvalue weighted by atomic mass is 35.5. The van der Waals surface area contributed by atoms with Gasteiger partial charge in [-0.15, -0.1) is 11.6 Å². The van der Waals surface area contributed by atoms with Gasteiger partial charge in [-0.05, 0) is 63.0 Å². The van der Waals surface area contributed by atoms with Crippen LogP contribution in [0.3, 0.4) is 0 Å². The molecule has 4 aliphatic carbocycles. The molecule has 0 saturated heterocycles. The molecule has 2 saturated carbocycles. The number of hydrogen-bond acceptors (Lipinski definition) is 3. The average Bonchev–Trinajstić information content (AvgIpc) is 2.87. The summed E-state index contributed by atoms with van der Waals surface area (Å²) < 4.78 is 0. The lowest BCUT2D eigenvalue weighted by molar-refractivity contribution is -0.149. The molecule has 0 aromatic heterocycles. The summed E-state index contributed by atoms with van der Waals surface area (Å²) in [4.78, 5) is 24.2. The summed E-state index contributed by atoms with van der Waals surface area (Å²) in [7, 11) is 0. The second-order valence-electron chi connectivity index (χ2n) is 8.60. The minimum Gasteiger partial charge on any atom is -0.381 e. The molecular formula is C21H25ClO3. The molecule has 5 atom stereocenters. The molecule has 1 N–H and O–H groups in total. The Morgan fingerprint density at radius 3 is 2.84 bits per heavy atom. The van der Waals surface area contributed by atoms with Crippen molar-refractivity contribution in [1.29, 1.82) is 0 Å². The van der Waals surface area contributed by atoms with Crippen LogP contribution in [0, 0.1) is 22.7 Å². The Labute approximate surface area is 153 Å². The molecule has 0 unspecified atom stereocenters. The van der Waals surface area contributed by atoms with Gasteiger partial charge in [0.15, 0.2) is 11.6 Å². The Bertz CT molecular complexity index is 748. The first-order chi connectivity index (χ1) is 11.8. The Kier molecular flexibility index (Phi) is 3.73. The van der Waals surface area contributed by atoms with E-state index in [1.165, 1.54) is 11.1 Å². The van der Waals surface area contributed by atoms with Crippen LogP contribution in [0.1, 0.15) is 46.0 Å². The summed E-state index contributed by atoms with van der Waals surface area (Å²) in [6, 6.07) is 0. The molecule has 4 heteroatoms. The van der Waals surface area contributed by atoms with Crippen LogP contribution >= 0.6 is 11.6 Å². The van der Waals surface area contributed by atoms with E-state index in [4.69, 9.17) is 11.6 Å². The molecule has 0 aromatic rings. The van der Waals surface area contributed by atoms with Crippen molar-refractivity contribution in [2.24, 2.45) is 22.7 Å². The van der Waals surface area contributed by atoms with Gasteiger partial charge in [-0.25, -0.2) is 0 Å². The van der Waals surface area contributed by atoms with Gasteiger partial charge in [0.05, 0.1) is 5.88 Å². The summed E-state index contributed by atoms with van der Waals surface area (Å²) in [5.74, 6) is 0.358. The van der Waals surface area contributed by atoms with Crippen LogP contribution in [0.4, 0.5) is 0 Å². The molecule has 25 heavy (non-hydrogen) atoms. The van der Waals surface area contributed by atoms with Crippen molar-refractivity contribution < 1.29 is 14.7 Å². The topological polar surface area (TPSA) is 54.4 Å². The largest absolute Gasteiger partial charge is 0.381 e. The van der Waals surface area contributed by atoms with Crippen molar-refractivity contribution in [3.8, 4) is 0 Å². The zero-order valence-electron chi connectivity index (χ0n) is 14.8. The maximum Gasteiger partial charge on any atom is 0.179 e. The fourth-order valence-electron chi connectivity index (χ4n) is 6.10. The van der Waals surface area contributed by atoms with Crippen molar-refractivity contribution in [2.75, 3.05) is 5.88 Å². The fourth-order valence-corrected chi connectivity index (χ4v) is 6.32. The summed E-state index contributed by atoms with van der Waals surface area (Å²) >= 11 is 5.81. The number of aliphatic hydroxyl groups is 1. The number of allylic oxidation sites excluding steroid dienone is 6. The summed E-state index contributed by atoms with van der Waals surface area (Å²) in [6.07, 6.45) is 11.7. The highest BCUT2D eigenvalue weighted by Crippen LogP contribution is 2.65. The molecule has 0 aromatic carbocycles. The second kappa shape index (κ2) is 5.40. The van der Waals surface area contributed by atoms with Crippen LogP contribution in [-0.4, -0.2) is 28.2 Å². The lowest BCUT2D eigenvalue weighted by Gasteiger charge is -2.53. The normalized spacial score (nSPS) is 45.2. The Morgan fingerprint density at radius 2 is 2.12 bits per heavy atom. The number of halogens is 1. The van der Waals surface area contributed by atoms with E-state index in [1.54, 1.807) is 12.2 Å². The number of hydrogen-bond donors (Lipinski definition) is 1. The van der Waals surface area contributed by atoms with Crippen molar-refractivity contribution >= 4 is 23.2 Å². The van der Waals surface area contributed by atoms with E-state index >= 15 is 0 Å². The number of ketones is 2. The third-order valence-corrected chi connectivity index (χ3v) is 7.93. The average molecular weight is 361 g/mol. The van der Waals surface area contributed by atoms with Crippen LogP contribution in [0.5, 0.6) is 0 Å². The Balaban J connectivity index is 1.77. The summed E-state index contributed by atoms with van der Waals surface area (Å²) in [5, 5.41) is 11.2. The minimum atomic E-state index is -1.31. The van der Waals surface area contributed by atoms with Gasteiger partial charge in [0.2, 0.25) is 0 Å². The molecule has 3 nitrogen and oxygen atoms in total. The van der Waals surface area contributed by atoms with Crippen LogP contribution in [0.2, 0.25) is 0 Å². The van der Waals surface area contributed by atoms with Gasteiger partial charge in [0.25, 0.3) is 0 Å². The number of fused-ring (bicyclic) bond motifs is 5. The highest BCUT2D eigenvalue weighted by Gasteiger charge is 2.63. The van der Waals surface area contributed by atoms with Crippen molar-refractivity contribution in [1.82, 2.24) is 0 Å². The summed E-state index contributed by atoms with van der Waals surface area (Å²) in [5.41, 5.74) is 0.639. The van der Waals surface area contributed by atoms with Crippen LogP contribution in [0.15, 0.2) is 35.5 Å². The quantitative estimate of drug-likeness (QED) is 0.602. The highest BCUT2D eigenvalue weighted by molar-refractivity contribution is 6.29. The monoisotopic (exact) mass is 360 g/mol. The SMILES string of the molecule is C[C@]12C=CC(=O)C=C1CC[C@@H]1C2=CC[C@@]2(C)[C@H]1CC[C@]2(O)C(=O)CCl. The standard InChI is InChI=1S/C21H25ClO3/c1-19-8-5-14(23)11-13(19)3-4-15-16(19)6-9-20(2)17(15)7-10-21(20,25)18(24)12-22/h5-6,8,11,15,17,25H,3-4,7,9-10,12H2,1-2H3/t15-,17+,19+,20+,21+/m1/s1. The molecule has 0 aliphatic heterocycles. The molecular weight excluding hydrogens is 336 g/mol. The summed E-state index contributed by atoms with van der Waals surface area (Å²) in [6.45, 7) is 4.27. The van der Waals surface area contributed by atoms with Crippen molar-refractivity contribution in [3.63, 3.8) is 0 Å². The van der Waals surface area contributed by atoms with Crippen molar-refractivity contribution in [3.05, 3.63) is 35.5 Å². The number of Topliss-reactive ketones (excluding diaryl/α,β-unsaturated/α-hetero) is 1. The lowest BCUT2D eigenvalue weighted by Crippen LogP contribution is -2.55. The van der Waals surface area contributed by atoms with E-state index in [9.17, 15) is 14.7 Å². The van der Waals surface area contributed by atoms with Crippen LogP contribution in [0.25, 0.3) is 0 Å². The molecule has 0 heterocycles. The van der Waals surface area contributed by atoms with E-state index in [0.29, 0.717) is 18.8 Å². The Morgan fingerprint density at radius 1 is 1.36 bits per heavy atom. The van der Waals surface area contributed by atoms with Gasteiger partial charge < -0.3 is 5.11 Å². The van der Waals surface area contributed by atoms with Gasteiger partial charge in [0, 0.05) is 10.8 Å². The third kappa shape index (κ3) is 2.09.